The molecule has 3 atom stereocenters. The second-order valence-corrected chi connectivity index (χ2v) is 12.0. The molecule has 0 bridgehead atoms. The van der Waals surface area contributed by atoms with Gasteiger partial charge in [-0.2, -0.15) is 0 Å². The van der Waals surface area contributed by atoms with Crippen molar-refractivity contribution < 1.29 is 14.3 Å². The van der Waals surface area contributed by atoms with Crippen LogP contribution in [-0.4, -0.2) is 63.1 Å². The molecule has 43 heavy (non-hydrogen) atoms. The number of nitrogens with zero attached hydrogens (tertiary/aromatic N) is 3. The van der Waals surface area contributed by atoms with Crippen molar-refractivity contribution in [2.24, 2.45) is 5.92 Å². The van der Waals surface area contributed by atoms with Crippen LogP contribution in [0.3, 0.4) is 0 Å². The molecule has 3 aliphatic rings. The van der Waals surface area contributed by atoms with Gasteiger partial charge in [-0.15, -0.1) is 0 Å². The Bertz CT molecular complexity index is 1540. The zero-order chi connectivity index (χ0) is 29.3. The van der Waals surface area contributed by atoms with E-state index in [1.54, 1.807) is 0 Å². The average Bonchev–Trinajstić information content (AvgIpc) is 3.83. The van der Waals surface area contributed by atoms with Gasteiger partial charge in [-0.25, -0.2) is 9.97 Å². The lowest BCUT2D eigenvalue weighted by Crippen LogP contribution is -2.56. The third-order valence-corrected chi connectivity index (χ3v) is 8.85. The van der Waals surface area contributed by atoms with E-state index >= 15 is 0 Å². The first-order valence-corrected chi connectivity index (χ1v) is 15.4. The highest BCUT2D eigenvalue weighted by Crippen LogP contribution is 2.34. The van der Waals surface area contributed by atoms with E-state index in [2.05, 4.69) is 74.1 Å². The molecule has 3 saturated heterocycles. The number of H-pyrrole nitrogens is 2. The SMILES string of the molecule is CC(C)[C@H](NC1OCO1)C(=O)N1CCC[C@H]1c1ncc(-c2ccc(-c3ccc(-c4cnc([C@@H]5CCCN5)[nH]4)cc3)cc2)[nH]1. The molecule has 0 saturated carbocycles. The van der Waals surface area contributed by atoms with Crippen LogP contribution in [-0.2, 0) is 14.3 Å². The predicted octanol–water partition coefficient (Wildman–Crippen LogP) is 5.12. The predicted molar refractivity (Wildman–Crippen MR) is 163 cm³/mol. The number of imidazole rings is 2. The number of likely N-dealkylation sites (tertiary alicyclic amines) is 1. The Morgan fingerprint density at radius 2 is 1.47 bits per heavy atom. The van der Waals surface area contributed by atoms with Crippen molar-refractivity contribution in [3.05, 3.63) is 72.6 Å². The van der Waals surface area contributed by atoms with Crippen LogP contribution in [0, 0.1) is 5.92 Å². The van der Waals surface area contributed by atoms with E-state index in [0.717, 1.165) is 71.1 Å². The van der Waals surface area contributed by atoms with Crippen molar-refractivity contribution in [1.82, 2.24) is 35.5 Å². The number of amides is 1. The van der Waals surface area contributed by atoms with E-state index in [4.69, 9.17) is 14.5 Å². The van der Waals surface area contributed by atoms with Gasteiger partial charge in [-0.1, -0.05) is 62.4 Å². The van der Waals surface area contributed by atoms with Crippen molar-refractivity contribution in [3.63, 3.8) is 0 Å². The number of aromatic amines is 2. The molecule has 2 aromatic heterocycles. The van der Waals surface area contributed by atoms with Crippen LogP contribution < -0.4 is 10.6 Å². The zero-order valence-electron chi connectivity index (χ0n) is 24.7. The number of aromatic nitrogens is 4. The van der Waals surface area contributed by atoms with E-state index in [0.29, 0.717) is 12.6 Å². The highest BCUT2D eigenvalue weighted by molar-refractivity contribution is 5.83. The Morgan fingerprint density at radius 3 is 2.02 bits per heavy atom. The summed E-state index contributed by atoms with van der Waals surface area (Å²) in [7, 11) is 0. The average molecular weight is 582 g/mol. The molecule has 4 N–H and O–H groups in total. The van der Waals surface area contributed by atoms with Crippen molar-refractivity contribution in [2.45, 2.75) is 64.1 Å². The molecule has 0 radical (unpaired) electrons. The highest BCUT2D eigenvalue weighted by atomic mass is 16.9. The van der Waals surface area contributed by atoms with Crippen LogP contribution in [0.1, 0.15) is 63.3 Å². The van der Waals surface area contributed by atoms with Crippen LogP contribution in [0.2, 0.25) is 0 Å². The summed E-state index contributed by atoms with van der Waals surface area (Å²) in [5, 5.41) is 6.70. The van der Waals surface area contributed by atoms with Gasteiger partial charge in [0, 0.05) is 6.54 Å². The fraction of sp³-hybridized carbons (Fsp3) is 0.424. The maximum absolute atomic E-state index is 13.6. The molecule has 224 valence electrons. The van der Waals surface area contributed by atoms with Crippen molar-refractivity contribution in [3.8, 4) is 33.6 Å². The number of nitrogens with one attached hydrogen (secondary N) is 4. The first kappa shape index (κ1) is 28.0. The first-order valence-electron chi connectivity index (χ1n) is 15.4. The second-order valence-electron chi connectivity index (χ2n) is 12.0. The van der Waals surface area contributed by atoms with Crippen molar-refractivity contribution in [1.29, 1.82) is 0 Å². The van der Waals surface area contributed by atoms with E-state index in [1.165, 1.54) is 6.42 Å². The molecule has 2 aromatic carbocycles. The minimum Gasteiger partial charge on any atom is -0.341 e. The zero-order valence-corrected chi connectivity index (χ0v) is 24.7. The fourth-order valence-electron chi connectivity index (χ4n) is 6.34. The number of benzene rings is 2. The third kappa shape index (κ3) is 5.75. The normalized spacial score (nSPS) is 21.4. The Morgan fingerprint density at radius 1 is 0.860 bits per heavy atom. The molecule has 0 unspecified atom stereocenters. The molecule has 0 spiro atoms. The summed E-state index contributed by atoms with van der Waals surface area (Å²) >= 11 is 0. The number of rotatable bonds is 9. The van der Waals surface area contributed by atoms with Gasteiger partial charge in [-0.05, 0) is 60.4 Å². The van der Waals surface area contributed by atoms with E-state index < -0.39 is 6.41 Å². The second kappa shape index (κ2) is 12.0. The maximum Gasteiger partial charge on any atom is 0.240 e. The molecule has 7 rings (SSSR count). The quantitative estimate of drug-likeness (QED) is 0.216. The first-order chi connectivity index (χ1) is 21.0. The Balaban J connectivity index is 1.02. The van der Waals surface area contributed by atoms with Crippen molar-refractivity contribution >= 4 is 5.91 Å². The lowest BCUT2D eigenvalue weighted by atomic mass is 10.0. The molecule has 10 nitrogen and oxygen atoms in total. The summed E-state index contributed by atoms with van der Waals surface area (Å²) in [5.74, 6) is 2.00. The lowest BCUT2D eigenvalue weighted by molar-refractivity contribution is -0.335. The molecular weight excluding hydrogens is 542 g/mol. The number of hydrogen-bond acceptors (Lipinski definition) is 7. The third-order valence-electron chi connectivity index (χ3n) is 8.85. The smallest absolute Gasteiger partial charge is 0.240 e. The summed E-state index contributed by atoms with van der Waals surface area (Å²) in [5.41, 5.74) is 6.47. The van der Waals surface area contributed by atoms with Gasteiger partial charge in [0.2, 0.25) is 12.3 Å². The Hall–Kier alpha value is -3.83. The monoisotopic (exact) mass is 581 g/mol. The van der Waals surface area contributed by atoms with Gasteiger partial charge in [0.1, 0.15) is 11.6 Å². The molecule has 3 fully saturated rings. The van der Waals surface area contributed by atoms with Gasteiger partial charge in [-0.3, -0.25) is 10.1 Å². The van der Waals surface area contributed by atoms with E-state index in [1.807, 2.05) is 31.1 Å². The van der Waals surface area contributed by atoms with E-state index in [-0.39, 0.29) is 30.7 Å². The summed E-state index contributed by atoms with van der Waals surface area (Å²) in [4.78, 5) is 31.8. The van der Waals surface area contributed by atoms with Gasteiger partial charge in [0.25, 0.3) is 0 Å². The number of carbonyl (C=O) groups excluding carboxylic acids is 1. The van der Waals surface area contributed by atoms with Crippen LogP contribution in [0.5, 0.6) is 0 Å². The van der Waals surface area contributed by atoms with E-state index in [9.17, 15) is 4.79 Å². The van der Waals surface area contributed by atoms with Crippen LogP contribution >= 0.6 is 0 Å². The van der Waals surface area contributed by atoms with Crippen molar-refractivity contribution in [2.75, 3.05) is 19.9 Å². The Labute approximate surface area is 251 Å². The molecule has 1 amide bonds. The minimum absolute atomic E-state index is 0.0590. The number of carbonyl (C=O) groups is 1. The molecule has 5 heterocycles. The highest BCUT2D eigenvalue weighted by Gasteiger charge is 2.38. The fourth-order valence-corrected chi connectivity index (χ4v) is 6.34. The Kier molecular flexibility index (Phi) is 7.83. The maximum atomic E-state index is 13.6. The molecule has 0 aliphatic carbocycles. The van der Waals surface area contributed by atoms with Crippen LogP contribution in [0.25, 0.3) is 33.6 Å². The minimum atomic E-state index is -0.517. The summed E-state index contributed by atoms with van der Waals surface area (Å²) < 4.78 is 10.7. The molecule has 4 aromatic rings. The standard InChI is InChI=1S/C33H39N7O3/c1-20(2)29(39-33-42-19-43-33)32(41)40-16-4-6-28(40)31-36-18-27(38-31)24-13-9-22(10-14-24)21-7-11-23(12-8-21)26-17-35-30(37-26)25-5-3-15-34-25/h7-14,17-18,20,25,28-29,33-34,39H,3-6,15-16,19H2,1-2H3,(H,35,37)(H,36,38)/t25-,28-,29-/m0/s1. The number of ether oxygens (including phenoxy) is 2. The van der Waals surface area contributed by atoms with Gasteiger partial charge >= 0.3 is 0 Å². The van der Waals surface area contributed by atoms with Gasteiger partial charge in [0.15, 0.2) is 6.79 Å². The van der Waals surface area contributed by atoms with Crippen LogP contribution in [0.15, 0.2) is 60.9 Å². The molecule has 3 aliphatic heterocycles. The van der Waals surface area contributed by atoms with Gasteiger partial charge < -0.3 is 29.7 Å². The molecular formula is C33H39N7O3. The lowest BCUT2D eigenvalue weighted by Gasteiger charge is -2.35. The molecule has 10 heteroatoms. The summed E-state index contributed by atoms with van der Waals surface area (Å²) in [6, 6.07) is 17.0. The van der Waals surface area contributed by atoms with Gasteiger partial charge in [0.05, 0.1) is 41.9 Å². The summed E-state index contributed by atoms with van der Waals surface area (Å²) in [6.45, 7) is 6.10. The number of hydrogen-bond donors (Lipinski definition) is 4. The largest absolute Gasteiger partial charge is 0.341 e. The summed E-state index contributed by atoms with van der Waals surface area (Å²) in [6.07, 6.45) is 7.43. The van der Waals surface area contributed by atoms with Crippen LogP contribution in [0.4, 0.5) is 0 Å². The topological polar surface area (TPSA) is 120 Å².